The summed E-state index contributed by atoms with van der Waals surface area (Å²) < 4.78 is 2.43. The Kier molecular flexibility index (Phi) is 4.41. The minimum absolute atomic E-state index is 0.0278. The molecule has 134 valence electrons. The lowest BCUT2D eigenvalue weighted by Crippen LogP contribution is -2.14. The molecule has 1 aromatic carbocycles. The van der Waals surface area contributed by atoms with Crippen LogP contribution in [0.2, 0.25) is 0 Å². The van der Waals surface area contributed by atoms with Crippen molar-refractivity contribution in [2.45, 2.75) is 46.1 Å². The van der Waals surface area contributed by atoms with Crippen molar-refractivity contribution in [2.75, 3.05) is 5.32 Å². The van der Waals surface area contributed by atoms with Gasteiger partial charge >= 0.3 is 0 Å². The topological polar surface area (TPSA) is 46.9 Å². The van der Waals surface area contributed by atoms with Gasteiger partial charge in [-0.15, -0.1) is 11.3 Å². The predicted molar refractivity (Wildman–Crippen MR) is 107 cm³/mol. The van der Waals surface area contributed by atoms with E-state index in [4.69, 9.17) is 4.98 Å². The molecular weight excluding hydrogens is 342 g/mol. The molecule has 2 heterocycles. The highest BCUT2D eigenvalue weighted by Gasteiger charge is 2.27. The van der Waals surface area contributed by atoms with Crippen molar-refractivity contribution in [2.24, 2.45) is 0 Å². The number of thiazole rings is 1. The van der Waals surface area contributed by atoms with Crippen molar-refractivity contribution < 1.29 is 4.79 Å². The summed E-state index contributed by atoms with van der Waals surface area (Å²) in [5, 5.41) is 5.86. The molecule has 26 heavy (non-hydrogen) atoms. The first-order chi connectivity index (χ1) is 12.5. The lowest BCUT2D eigenvalue weighted by molar-refractivity contribution is -0.115. The van der Waals surface area contributed by atoms with Crippen LogP contribution in [0, 0.1) is 20.8 Å². The van der Waals surface area contributed by atoms with Crippen LogP contribution in [0.3, 0.4) is 0 Å². The third-order valence-electron chi connectivity index (χ3n) is 4.84. The number of aryl methyl sites for hydroxylation is 2. The molecule has 1 N–H and O–H groups in total. The number of hydrogen-bond donors (Lipinski definition) is 1. The summed E-state index contributed by atoms with van der Waals surface area (Å²) in [5.41, 5.74) is 6.72. The summed E-state index contributed by atoms with van der Waals surface area (Å²) in [7, 11) is 0. The second-order valence-electron chi connectivity index (χ2n) is 7.11. The van der Waals surface area contributed by atoms with E-state index in [0.717, 1.165) is 22.0 Å². The molecule has 0 unspecified atom stereocenters. The fourth-order valence-electron chi connectivity index (χ4n) is 3.51. The number of hydrogen-bond acceptors (Lipinski definition) is 3. The minimum Gasteiger partial charge on any atom is -0.345 e. The van der Waals surface area contributed by atoms with Crippen LogP contribution in [0.15, 0.2) is 35.7 Å². The van der Waals surface area contributed by atoms with Gasteiger partial charge in [-0.2, -0.15) is 0 Å². The van der Waals surface area contributed by atoms with Crippen LogP contribution in [0.1, 0.15) is 40.8 Å². The molecule has 2 aromatic heterocycles. The van der Waals surface area contributed by atoms with Crippen molar-refractivity contribution in [3.63, 3.8) is 0 Å². The number of nitrogens with zero attached hydrogens (tertiary/aromatic N) is 2. The van der Waals surface area contributed by atoms with Crippen LogP contribution in [-0.4, -0.2) is 15.5 Å². The molecule has 3 aromatic rings. The maximum atomic E-state index is 12.3. The average molecular weight is 366 g/mol. The van der Waals surface area contributed by atoms with Crippen LogP contribution in [0.5, 0.6) is 0 Å². The first-order valence-corrected chi connectivity index (χ1v) is 9.89. The zero-order valence-corrected chi connectivity index (χ0v) is 16.2. The quantitative estimate of drug-likeness (QED) is 0.687. The van der Waals surface area contributed by atoms with Crippen molar-refractivity contribution in [3.8, 4) is 11.3 Å². The van der Waals surface area contributed by atoms with Gasteiger partial charge in [0.15, 0.2) is 0 Å². The maximum absolute atomic E-state index is 12.3. The first kappa shape index (κ1) is 17.0. The van der Waals surface area contributed by atoms with Crippen LogP contribution >= 0.6 is 11.3 Å². The van der Waals surface area contributed by atoms with Crippen LogP contribution in [-0.2, 0) is 11.2 Å². The van der Waals surface area contributed by atoms with E-state index >= 15 is 0 Å². The SMILES string of the molecule is Cc1cccc(NC(=O)Cc2nc(-c3cc(C)n(C4CC4)c3C)cs2)c1. The fraction of sp³-hybridized carbons (Fsp3) is 0.333. The monoisotopic (exact) mass is 365 g/mol. The van der Waals surface area contributed by atoms with E-state index < -0.39 is 0 Å². The van der Waals surface area contributed by atoms with Gasteiger partial charge in [-0.05, 0) is 57.4 Å². The normalized spacial score (nSPS) is 13.8. The molecule has 5 heteroatoms. The number of benzene rings is 1. The molecule has 1 saturated carbocycles. The van der Waals surface area contributed by atoms with Gasteiger partial charge < -0.3 is 9.88 Å². The molecule has 0 saturated heterocycles. The Morgan fingerprint density at radius 2 is 2.08 bits per heavy atom. The molecule has 0 bridgehead atoms. The van der Waals surface area contributed by atoms with Gasteiger partial charge in [0.2, 0.25) is 5.91 Å². The largest absolute Gasteiger partial charge is 0.345 e. The summed E-state index contributed by atoms with van der Waals surface area (Å²) in [5.74, 6) is -0.0278. The molecule has 4 rings (SSSR count). The van der Waals surface area contributed by atoms with Crippen molar-refractivity contribution >= 4 is 22.9 Å². The van der Waals surface area contributed by atoms with Crippen molar-refractivity contribution in [1.82, 2.24) is 9.55 Å². The fourth-order valence-corrected chi connectivity index (χ4v) is 4.30. The highest BCUT2D eigenvalue weighted by atomic mass is 32.1. The lowest BCUT2D eigenvalue weighted by atomic mass is 10.2. The van der Waals surface area contributed by atoms with Gasteiger partial charge in [0, 0.05) is 34.1 Å². The molecule has 0 radical (unpaired) electrons. The summed E-state index contributed by atoms with van der Waals surface area (Å²) in [6, 6.07) is 10.7. The number of rotatable bonds is 5. The zero-order chi connectivity index (χ0) is 18.3. The number of amides is 1. The van der Waals surface area contributed by atoms with E-state index in [2.05, 4.69) is 35.2 Å². The molecule has 0 spiro atoms. The van der Waals surface area contributed by atoms with Gasteiger partial charge in [-0.1, -0.05) is 12.1 Å². The molecule has 1 fully saturated rings. The standard InChI is InChI=1S/C21H23N3OS/c1-13-5-4-6-16(9-13)22-20(25)11-21-23-19(12-26-21)18-10-14(2)24(15(18)3)17-7-8-17/h4-6,9-10,12,17H,7-8,11H2,1-3H3,(H,22,25). The van der Waals surface area contributed by atoms with Crippen molar-refractivity contribution in [3.05, 3.63) is 57.7 Å². The second-order valence-corrected chi connectivity index (χ2v) is 8.05. The van der Waals surface area contributed by atoms with E-state index in [9.17, 15) is 4.79 Å². The second kappa shape index (κ2) is 6.72. The van der Waals surface area contributed by atoms with E-state index in [-0.39, 0.29) is 5.91 Å². The van der Waals surface area contributed by atoms with Gasteiger partial charge in [-0.3, -0.25) is 4.79 Å². The number of carbonyl (C=O) groups is 1. The third-order valence-corrected chi connectivity index (χ3v) is 5.69. The Labute approximate surface area is 157 Å². The van der Waals surface area contributed by atoms with E-state index in [1.807, 2.05) is 31.2 Å². The molecule has 1 amide bonds. The summed E-state index contributed by atoms with van der Waals surface area (Å²) in [6.07, 6.45) is 2.86. The van der Waals surface area contributed by atoms with Gasteiger partial charge in [0.05, 0.1) is 12.1 Å². The van der Waals surface area contributed by atoms with E-state index in [1.165, 1.54) is 29.8 Å². The van der Waals surface area contributed by atoms with Gasteiger partial charge in [0.1, 0.15) is 5.01 Å². The van der Waals surface area contributed by atoms with Crippen LogP contribution < -0.4 is 5.32 Å². The lowest BCUT2D eigenvalue weighted by Gasteiger charge is -2.07. The highest BCUT2D eigenvalue weighted by molar-refractivity contribution is 7.10. The molecule has 1 aliphatic rings. The van der Waals surface area contributed by atoms with Crippen LogP contribution in [0.25, 0.3) is 11.3 Å². The van der Waals surface area contributed by atoms with Gasteiger partial charge in [-0.25, -0.2) is 4.98 Å². The summed E-state index contributed by atoms with van der Waals surface area (Å²) >= 11 is 1.55. The Morgan fingerprint density at radius 3 is 2.81 bits per heavy atom. The maximum Gasteiger partial charge on any atom is 0.231 e. The van der Waals surface area contributed by atoms with Gasteiger partial charge in [0.25, 0.3) is 0 Å². The Balaban J connectivity index is 1.48. The third kappa shape index (κ3) is 3.44. The Hall–Kier alpha value is -2.40. The minimum atomic E-state index is -0.0278. The predicted octanol–water partition coefficient (Wildman–Crippen LogP) is 5.05. The average Bonchev–Trinajstić information content (AvgIpc) is 3.23. The smallest absolute Gasteiger partial charge is 0.231 e. The molecule has 4 nitrogen and oxygen atoms in total. The van der Waals surface area contributed by atoms with E-state index in [1.54, 1.807) is 11.3 Å². The molecular formula is C21H23N3OS. The Bertz CT molecular complexity index is 966. The Morgan fingerprint density at radius 1 is 1.27 bits per heavy atom. The number of anilines is 1. The molecule has 0 aliphatic heterocycles. The number of aromatic nitrogens is 2. The first-order valence-electron chi connectivity index (χ1n) is 9.01. The van der Waals surface area contributed by atoms with Crippen molar-refractivity contribution in [1.29, 1.82) is 0 Å². The zero-order valence-electron chi connectivity index (χ0n) is 15.4. The highest BCUT2D eigenvalue weighted by Crippen LogP contribution is 2.40. The number of carbonyl (C=O) groups excluding carboxylic acids is 1. The summed E-state index contributed by atoms with van der Waals surface area (Å²) in [6.45, 7) is 6.35. The summed E-state index contributed by atoms with van der Waals surface area (Å²) in [4.78, 5) is 17.0. The number of nitrogens with one attached hydrogen (secondary N) is 1. The molecule has 0 atom stereocenters. The van der Waals surface area contributed by atoms with Crippen LogP contribution in [0.4, 0.5) is 5.69 Å². The molecule has 1 aliphatic carbocycles. The van der Waals surface area contributed by atoms with E-state index in [0.29, 0.717) is 12.5 Å².